The van der Waals surface area contributed by atoms with Crippen molar-refractivity contribution in [2.75, 3.05) is 13.2 Å². The van der Waals surface area contributed by atoms with Crippen LogP contribution in [0.15, 0.2) is 12.2 Å². The molecule has 482 valence electrons. The minimum Gasteiger partial charge on any atom is -0.466 e. The molecule has 0 spiro atoms. The third-order valence-electron chi connectivity index (χ3n) is 17.8. The molecule has 0 aliphatic carbocycles. The van der Waals surface area contributed by atoms with Gasteiger partial charge in [-0.05, 0) is 32.1 Å². The molecule has 2 unspecified atom stereocenters. The Hall–Kier alpha value is -1.40. The van der Waals surface area contributed by atoms with Crippen molar-refractivity contribution in [1.29, 1.82) is 0 Å². The molecule has 81 heavy (non-hydrogen) atoms. The van der Waals surface area contributed by atoms with Crippen molar-refractivity contribution in [3.05, 3.63) is 12.2 Å². The lowest BCUT2D eigenvalue weighted by atomic mass is 10.0. The number of hydrogen-bond donors (Lipinski definition) is 3. The fourth-order valence-electron chi connectivity index (χ4n) is 12.1. The van der Waals surface area contributed by atoms with Crippen LogP contribution in [-0.2, 0) is 14.3 Å². The van der Waals surface area contributed by atoms with Gasteiger partial charge < -0.3 is 20.3 Å². The molecule has 3 N–H and O–H groups in total. The number of ether oxygens (including phenoxy) is 1. The van der Waals surface area contributed by atoms with E-state index in [4.69, 9.17) is 4.74 Å². The van der Waals surface area contributed by atoms with Crippen molar-refractivity contribution in [1.82, 2.24) is 5.32 Å². The van der Waals surface area contributed by atoms with E-state index in [1.54, 1.807) is 6.08 Å². The Morgan fingerprint density at radius 1 is 0.333 bits per heavy atom. The van der Waals surface area contributed by atoms with Gasteiger partial charge >= 0.3 is 5.97 Å². The zero-order chi connectivity index (χ0) is 58.5. The van der Waals surface area contributed by atoms with E-state index in [1.807, 2.05) is 6.08 Å². The first-order valence-corrected chi connectivity index (χ1v) is 37.5. The van der Waals surface area contributed by atoms with Crippen molar-refractivity contribution in [2.24, 2.45) is 0 Å². The van der Waals surface area contributed by atoms with Crippen LogP contribution in [0.1, 0.15) is 431 Å². The van der Waals surface area contributed by atoms with Crippen LogP contribution in [0.2, 0.25) is 0 Å². The second kappa shape index (κ2) is 71.1. The molecule has 0 aromatic carbocycles. The van der Waals surface area contributed by atoms with Crippen LogP contribution in [0.4, 0.5) is 0 Å². The number of carbonyl (C=O) groups is 2. The van der Waals surface area contributed by atoms with Crippen molar-refractivity contribution in [2.45, 2.75) is 443 Å². The van der Waals surface area contributed by atoms with Crippen LogP contribution in [-0.4, -0.2) is 47.4 Å². The van der Waals surface area contributed by atoms with E-state index in [0.29, 0.717) is 19.4 Å². The fourth-order valence-corrected chi connectivity index (χ4v) is 12.1. The van der Waals surface area contributed by atoms with Gasteiger partial charge in [-0.25, -0.2) is 0 Å². The standard InChI is InChI=1S/C75H147NO5/c1-3-5-7-9-11-13-14-15-16-43-46-49-53-57-61-65-69-75(80)81-70-66-62-58-54-50-47-44-41-39-37-35-33-31-29-27-25-23-21-19-17-18-20-22-24-26-28-30-32-34-36-38-40-42-45-48-52-56-60-64-68-74(79)76-72(71-77)73(78)67-63-59-55-51-12-10-8-6-4-2/h63,67,72-73,77-78H,3-62,64-66,68-71H2,1-2H3,(H,76,79)/b67-63+. The molecule has 0 radical (unpaired) electrons. The molecule has 1 amide bonds. The lowest BCUT2D eigenvalue weighted by Crippen LogP contribution is -2.45. The predicted octanol–water partition coefficient (Wildman–Crippen LogP) is 24.3. The van der Waals surface area contributed by atoms with Crippen molar-refractivity contribution >= 4 is 11.9 Å². The Kier molecular flexibility index (Phi) is 69.9. The average molecular weight is 1140 g/mol. The number of aliphatic hydroxyl groups excluding tert-OH is 2. The van der Waals surface area contributed by atoms with Gasteiger partial charge in [-0.2, -0.15) is 0 Å². The molecule has 0 bridgehead atoms. The molecule has 0 aromatic heterocycles. The summed E-state index contributed by atoms with van der Waals surface area (Å²) < 4.78 is 5.51. The fraction of sp³-hybridized carbons (Fsp3) is 0.947. The minimum atomic E-state index is -0.837. The number of carbonyl (C=O) groups excluding carboxylic acids is 2. The minimum absolute atomic E-state index is 0.0282. The molecule has 0 aliphatic heterocycles. The van der Waals surface area contributed by atoms with Gasteiger partial charge in [0.1, 0.15) is 0 Å². The third-order valence-corrected chi connectivity index (χ3v) is 17.8. The van der Waals surface area contributed by atoms with Crippen molar-refractivity contribution < 1.29 is 24.5 Å². The number of aliphatic hydroxyl groups is 2. The number of hydrogen-bond acceptors (Lipinski definition) is 5. The summed E-state index contributed by atoms with van der Waals surface area (Å²) in [5.41, 5.74) is 0. The molecule has 0 saturated carbocycles. The summed E-state index contributed by atoms with van der Waals surface area (Å²) in [7, 11) is 0. The Morgan fingerprint density at radius 3 is 0.840 bits per heavy atom. The quantitative estimate of drug-likeness (QED) is 0.0320. The molecule has 2 atom stereocenters. The number of nitrogens with one attached hydrogen (secondary N) is 1. The summed E-state index contributed by atoms with van der Waals surface area (Å²) in [6.45, 7) is 4.92. The first-order valence-electron chi connectivity index (χ1n) is 37.5. The maximum Gasteiger partial charge on any atom is 0.305 e. The van der Waals surface area contributed by atoms with Crippen LogP contribution in [0.3, 0.4) is 0 Å². The Bertz CT molecular complexity index is 1220. The molecule has 6 nitrogen and oxygen atoms in total. The smallest absolute Gasteiger partial charge is 0.305 e. The van der Waals surface area contributed by atoms with E-state index in [9.17, 15) is 19.8 Å². The van der Waals surface area contributed by atoms with E-state index in [1.165, 1.54) is 366 Å². The van der Waals surface area contributed by atoms with Crippen LogP contribution in [0.25, 0.3) is 0 Å². The van der Waals surface area contributed by atoms with Crippen molar-refractivity contribution in [3.8, 4) is 0 Å². The van der Waals surface area contributed by atoms with Crippen LogP contribution < -0.4 is 5.32 Å². The summed E-state index contributed by atoms with van der Waals surface area (Å²) >= 11 is 0. The van der Waals surface area contributed by atoms with Crippen molar-refractivity contribution in [3.63, 3.8) is 0 Å². The Labute approximate surface area is 508 Å². The second-order valence-corrected chi connectivity index (χ2v) is 26.0. The number of rotatable bonds is 71. The topological polar surface area (TPSA) is 95.9 Å². The summed E-state index contributed by atoms with van der Waals surface area (Å²) in [5, 5.41) is 23.0. The van der Waals surface area contributed by atoms with Gasteiger partial charge in [0.2, 0.25) is 5.91 Å². The summed E-state index contributed by atoms with van der Waals surface area (Å²) in [5.74, 6) is -0.0342. The van der Waals surface area contributed by atoms with Crippen LogP contribution in [0.5, 0.6) is 0 Å². The monoisotopic (exact) mass is 1140 g/mol. The summed E-state index contributed by atoms with van der Waals surface area (Å²) in [6, 6.07) is -0.620. The normalized spacial score (nSPS) is 12.5. The highest BCUT2D eigenvalue weighted by Crippen LogP contribution is 2.20. The van der Waals surface area contributed by atoms with Gasteiger partial charge in [0.05, 0.1) is 25.4 Å². The van der Waals surface area contributed by atoms with E-state index in [2.05, 4.69) is 19.2 Å². The van der Waals surface area contributed by atoms with Gasteiger partial charge in [-0.1, -0.05) is 398 Å². The molecule has 0 rings (SSSR count). The van der Waals surface area contributed by atoms with Gasteiger partial charge in [-0.15, -0.1) is 0 Å². The van der Waals surface area contributed by atoms with E-state index in [-0.39, 0.29) is 18.5 Å². The Balaban J connectivity index is 3.25. The molecule has 0 aromatic rings. The largest absolute Gasteiger partial charge is 0.466 e. The highest BCUT2D eigenvalue weighted by molar-refractivity contribution is 5.76. The maximum absolute atomic E-state index is 12.4. The lowest BCUT2D eigenvalue weighted by molar-refractivity contribution is -0.143. The molecule has 0 saturated heterocycles. The maximum atomic E-state index is 12.4. The second-order valence-electron chi connectivity index (χ2n) is 26.0. The van der Waals surface area contributed by atoms with Gasteiger partial charge in [0, 0.05) is 12.8 Å². The average Bonchev–Trinajstić information content (AvgIpc) is 3.47. The van der Waals surface area contributed by atoms with Gasteiger partial charge in [0.15, 0.2) is 0 Å². The first-order chi connectivity index (χ1) is 40.0. The molecule has 6 heteroatoms. The third kappa shape index (κ3) is 67.6. The SMILES string of the molecule is CCCCCCCCC/C=C/C(O)C(CO)NC(=O)CCCCCCCCCCCCCCCCCCCCCCCCCCCCCCCCCCCCCCCCCOC(=O)CCCCCCCCCCCCCCCCCC. The molecular weight excluding hydrogens is 995 g/mol. The zero-order valence-electron chi connectivity index (χ0n) is 55.3. The highest BCUT2D eigenvalue weighted by Gasteiger charge is 2.18. The number of unbranched alkanes of at least 4 members (excludes halogenated alkanes) is 60. The van der Waals surface area contributed by atoms with Gasteiger partial charge in [0.25, 0.3) is 0 Å². The molecular formula is C75H147NO5. The zero-order valence-corrected chi connectivity index (χ0v) is 55.3. The molecule has 0 aliphatic rings. The lowest BCUT2D eigenvalue weighted by Gasteiger charge is -2.20. The highest BCUT2D eigenvalue weighted by atomic mass is 16.5. The van der Waals surface area contributed by atoms with Gasteiger partial charge in [-0.3, -0.25) is 9.59 Å². The summed E-state index contributed by atoms with van der Waals surface area (Å²) in [6.07, 6.45) is 89.2. The van der Waals surface area contributed by atoms with E-state index < -0.39 is 12.1 Å². The molecule has 0 fully saturated rings. The van der Waals surface area contributed by atoms with E-state index >= 15 is 0 Å². The Morgan fingerprint density at radius 2 is 0.568 bits per heavy atom. The van der Waals surface area contributed by atoms with Crippen LogP contribution in [0, 0.1) is 0 Å². The summed E-state index contributed by atoms with van der Waals surface area (Å²) in [4.78, 5) is 24.5. The van der Waals surface area contributed by atoms with E-state index in [0.717, 1.165) is 38.5 Å². The van der Waals surface area contributed by atoms with Crippen LogP contribution >= 0.6 is 0 Å². The molecule has 0 heterocycles. The number of allylic oxidation sites excluding steroid dienone is 1. The number of esters is 1. The predicted molar refractivity (Wildman–Crippen MR) is 357 cm³/mol. The number of amides is 1. The first kappa shape index (κ1) is 79.6.